The van der Waals surface area contributed by atoms with E-state index in [9.17, 15) is 0 Å². The van der Waals surface area contributed by atoms with Gasteiger partial charge >= 0.3 is 135 Å². The molecule has 0 aromatic rings. The summed E-state index contributed by atoms with van der Waals surface area (Å²) in [7, 11) is 0.444. The monoisotopic (exact) mass is 488 g/mol. The summed E-state index contributed by atoms with van der Waals surface area (Å²) in [4.78, 5) is 12.2. The van der Waals surface area contributed by atoms with Crippen LogP contribution in [0.1, 0.15) is 39.5 Å². The van der Waals surface area contributed by atoms with Gasteiger partial charge in [0.1, 0.15) is 0 Å². The van der Waals surface area contributed by atoms with Crippen molar-refractivity contribution in [3.8, 4) is 0 Å². The first-order chi connectivity index (χ1) is 8.43. The standard InChI is InChI=1S/C10H22P.5CH3.2Sn/c1-4-7-9-11(6-3)10-8-5-2;;;;;;;/h3-10H2,1-2H3;5*1H3;;. The van der Waals surface area contributed by atoms with Crippen LogP contribution in [-0.4, -0.2) is 58.0 Å². The summed E-state index contributed by atoms with van der Waals surface area (Å²) in [6.07, 6.45) is 10.5. The molecule has 110 valence electrons. The molecule has 0 aliphatic heterocycles. The quantitative estimate of drug-likeness (QED) is 0.270. The SMILES string of the molecule is CCCCP(CCCC)C[CH2][Sn]([CH3])[CH3].[CH3][Sn]([CH3])[CH3]. The summed E-state index contributed by atoms with van der Waals surface area (Å²) in [5, 5.41) is 0. The first-order valence-electron chi connectivity index (χ1n) is 7.72. The Labute approximate surface area is 133 Å². The molecule has 0 aromatic carbocycles. The molecule has 0 unspecified atom stereocenters. The van der Waals surface area contributed by atoms with Crippen LogP contribution >= 0.6 is 7.92 Å². The fourth-order valence-electron chi connectivity index (χ4n) is 1.48. The molecule has 2 radical (unpaired) electrons. The van der Waals surface area contributed by atoms with Gasteiger partial charge in [-0.2, -0.15) is 0 Å². The molecule has 18 heavy (non-hydrogen) atoms. The fraction of sp³-hybridized carbons (Fsp3) is 1.00. The van der Waals surface area contributed by atoms with Gasteiger partial charge < -0.3 is 0 Å². The zero-order chi connectivity index (χ0) is 14.4. The third-order valence-electron chi connectivity index (χ3n) is 2.58. The minimum atomic E-state index is -0.771. The molecule has 0 bridgehead atoms. The van der Waals surface area contributed by atoms with Crippen LogP contribution in [-0.2, 0) is 0 Å². The van der Waals surface area contributed by atoms with E-state index >= 15 is 0 Å². The molecule has 0 spiro atoms. The molecule has 0 nitrogen and oxygen atoms in total. The maximum atomic E-state index is 2.55. The molecular weight excluding hydrogens is 449 g/mol. The Morgan fingerprint density at radius 1 is 0.722 bits per heavy atom. The van der Waals surface area contributed by atoms with Crippen molar-refractivity contribution < 1.29 is 0 Å². The summed E-state index contributed by atoms with van der Waals surface area (Å²) >= 11 is -1.31. The molecule has 0 amide bonds. The molecule has 3 heteroatoms. The van der Waals surface area contributed by atoms with Gasteiger partial charge in [0.25, 0.3) is 0 Å². The van der Waals surface area contributed by atoms with E-state index in [-0.39, 0.29) is 0 Å². The number of unbranched alkanes of at least 4 members (excludes halogenated alkanes) is 2. The van der Waals surface area contributed by atoms with Crippen molar-refractivity contribution in [2.75, 3.05) is 18.5 Å². The van der Waals surface area contributed by atoms with E-state index in [1.165, 1.54) is 25.7 Å². The number of rotatable bonds is 9. The second kappa shape index (κ2) is 17.1. The van der Waals surface area contributed by atoms with Crippen LogP contribution in [0.2, 0.25) is 29.1 Å². The topological polar surface area (TPSA) is 0 Å². The molecule has 0 N–H and O–H groups in total. The van der Waals surface area contributed by atoms with E-state index in [1.54, 1.807) is 22.9 Å². The van der Waals surface area contributed by atoms with Crippen molar-refractivity contribution in [3.05, 3.63) is 0 Å². The van der Waals surface area contributed by atoms with Crippen LogP contribution in [0.3, 0.4) is 0 Å². The van der Waals surface area contributed by atoms with Crippen LogP contribution in [0.4, 0.5) is 0 Å². The minimum absolute atomic E-state index is 0.444. The van der Waals surface area contributed by atoms with Gasteiger partial charge in [-0.05, 0) is 0 Å². The predicted octanol–water partition coefficient (Wildman–Crippen LogP) is 6.19. The Balaban J connectivity index is 0. The molecule has 0 saturated carbocycles. The van der Waals surface area contributed by atoms with Gasteiger partial charge in [0.2, 0.25) is 0 Å². The van der Waals surface area contributed by atoms with Gasteiger partial charge in [-0.15, -0.1) is 0 Å². The van der Waals surface area contributed by atoms with Gasteiger partial charge in [-0.3, -0.25) is 0 Å². The Morgan fingerprint density at radius 2 is 1.11 bits per heavy atom. The van der Waals surface area contributed by atoms with Crippen molar-refractivity contribution in [2.45, 2.75) is 68.7 Å². The first kappa shape index (κ1) is 22.3. The van der Waals surface area contributed by atoms with E-state index in [4.69, 9.17) is 0 Å². The number of hydrogen-bond acceptors (Lipinski definition) is 0. The van der Waals surface area contributed by atoms with Crippen molar-refractivity contribution in [2.24, 2.45) is 0 Å². The van der Waals surface area contributed by atoms with E-state index in [2.05, 4.69) is 38.5 Å². The van der Waals surface area contributed by atoms with Gasteiger partial charge in [-0.25, -0.2) is 0 Å². The summed E-state index contributed by atoms with van der Waals surface area (Å²) in [5.41, 5.74) is 0. The predicted molar refractivity (Wildman–Crippen MR) is 97.0 cm³/mol. The third-order valence-corrected chi connectivity index (χ3v) is 10.1. The van der Waals surface area contributed by atoms with E-state index in [0.717, 1.165) is 0 Å². The first-order valence-corrected chi connectivity index (χ1v) is 25.9. The van der Waals surface area contributed by atoms with E-state index in [1.807, 2.05) is 0 Å². The zero-order valence-electron chi connectivity index (χ0n) is 14.1. The van der Waals surface area contributed by atoms with E-state index < -0.39 is 39.5 Å². The molecule has 0 rings (SSSR count). The molecule has 0 heterocycles. The number of hydrogen-bond donors (Lipinski definition) is 0. The Bertz CT molecular complexity index is 139. The van der Waals surface area contributed by atoms with Crippen molar-refractivity contribution in [1.29, 1.82) is 0 Å². The Morgan fingerprint density at radius 3 is 1.39 bits per heavy atom. The Hall–Kier alpha value is 2.03. The normalized spacial score (nSPS) is 11.0. The van der Waals surface area contributed by atoms with Crippen LogP contribution in [0.25, 0.3) is 0 Å². The molecule has 0 aliphatic carbocycles. The fourth-order valence-corrected chi connectivity index (χ4v) is 11.0. The molecular formula is C15H37PSn2. The average Bonchev–Trinajstić information content (AvgIpc) is 2.27. The summed E-state index contributed by atoms with van der Waals surface area (Å²) in [6, 6.07) is 0. The van der Waals surface area contributed by atoms with Gasteiger partial charge in [0.15, 0.2) is 0 Å². The zero-order valence-corrected chi connectivity index (χ0v) is 20.7. The van der Waals surface area contributed by atoms with Gasteiger partial charge in [-0.1, -0.05) is 0 Å². The molecule has 0 saturated heterocycles. The summed E-state index contributed by atoms with van der Waals surface area (Å²) < 4.78 is 1.65. The van der Waals surface area contributed by atoms with Crippen molar-refractivity contribution >= 4 is 47.4 Å². The van der Waals surface area contributed by atoms with Crippen LogP contribution < -0.4 is 0 Å². The van der Waals surface area contributed by atoms with Gasteiger partial charge in [0.05, 0.1) is 0 Å². The molecule has 0 aliphatic rings. The molecule has 0 fully saturated rings. The Kier molecular flexibility index (Phi) is 21.2. The van der Waals surface area contributed by atoms with Crippen LogP contribution in [0.5, 0.6) is 0 Å². The van der Waals surface area contributed by atoms with Gasteiger partial charge in [0, 0.05) is 0 Å². The average molecular weight is 486 g/mol. The van der Waals surface area contributed by atoms with Crippen LogP contribution in [0, 0.1) is 0 Å². The molecule has 0 aromatic heterocycles. The van der Waals surface area contributed by atoms with E-state index in [0.29, 0.717) is 7.92 Å². The maximum absolute atomic E-state index is 2.55. The van der Waals surface area contributed by atoms with Crippen LogP contribution in [0.15, 0.2) is 0 Å². The van der Waals surface area contributed by atoms with Crippen molar-refractivity contribution in [1.82, 2.24) is 0 Å². The summed E-state index contributed by atoms with van der Waals surface area (Å²) in [5.74, 6) is 0. The second-order valence-corrected chi connectivity index (χ2v) is 25.6. The third kappa shape index (κ3) is 23.1. The second-order valence-electron chi connectivity index (χ2n) is 6.01. The van der Waals surface area contributed by atoms with Crippen molar-refractivity contribution in [3.63, 3.8) is 0 Å². The summed E-state index contributed by atoms with van der Waals surface area (Å²) in [6.45, 7) is 4.66. The molecule has 0 atom stereocenters.